The minimum absolute atomic E-state index is 1.07. The summed E-state index contributed by atoms with van der Waals surface area (Å²) < 4.78 is 3.35. The maximum absolute atomic E-state index is 3.35. The Morgan fingerprint density at radius 1 is 1.00 bits per heavy atom. The molecule has 1 N–H and O–H groups in total. The number of hydrogen-bond donors (Lipinski definition) is 1. The van der Waals surface area contributed by atoms with E-state index in [4.69, 9.17) is 0 Å². The molecule has 0 aliphatic rings. The Kier molecular flexibility index (Phi) is 3.89. The maximum atomic E-state index is 3.35. The SMILES string of the molecule is CCc1cccc(NSc2ccccc2)c1. The predicted molar refractivity (Wildman–Crippen MR) is 71.7 cm³/mol. The Hall–Kier alpha value is -1.41. The minimum atomic E-state index is 1.07. The largest absolute Gasteiger partial charge is 0.326 e. The van der Waals surface area contributed by atoms with Gasteiger partial charge in [-0.3, -0.25) is 0 Å². The Morgan fingerprint density at radius 3 is 2.56 bits per heavy atom. The summed E-state index contributed by atoms with van der Waals surface area (Å²) in [5.41, 5.74) is 2.52. The Labute approximate surface area is 101 Å². The molecule has 2 aromatic rings. The van der Waals surface area contributed by atoms with Crippen molar-refractivity contribution in [3.05, 3.63) is 60.2 Å². The van der Waals surface area contributed by atoms with Gasteiger partial charge < -0.3 is 4.72 Å². The summed E-state index contributed by atoms with van der Waals surface area (Å²) in [7, 11) is 0. The smallest absolute Gasteiger partial charge is 0.0445 e. The van der Waals surface area contributed by atoms with Crippen LogP contribution >= 0.6 is 11.9 Å². The zero-order valence-electron chi connectivity index (χ0n) is 9.31. The molecule has 16 heavy (non-hydrogen) atoms. The third-order valence-electron chi connectivity index (χ3n) is 2.37. The zero-order chi connectivity index (χ0) is 11.2. The summed E-state index contributed by atoms with van der Waals surface area (Å²) in [5.74, 6) is 0. The van der Waals surface area contributed by atoms with Crippen LogP contribution in [0.3, 0.4) is 0 Å². The van der Waals surface area contributed by atoms with E-state index in [0.717, 1.165) is 12.1 Å². The molecule has 0 unspecified atom stereocenters. The van der Waals surface area contributed by atoms with Crippen LogP contribution in [-0.4, -0.2) is 0 Å². The lowest BCUT2D eigenvalue weighted by Crippen LogP contribution is -1.88. The molecule has 0 radical (unpaired) electrons. The number of anilines is 1. The summed E-state index contributed by atoms with van der Waals surface area (Å²) in [6.45, 7) is 2.17. The van der Waals surface area contributed by atoms with Crippen molar-refractivity contribution in [2.45, 2.75) is 18.2 Å². The van der Waals surface area contributed by atoms with Crippen molar-refractivity contribution in [2.24, 2.45) is 0 Å². The van der Waals surface area contributed by atoms with Crippen LogP contribution in [0.25, 0.3) is 0 Å². The first-order valence-electron chi connectivity index (χ1n) is 5.45. The molecule has 2 aromatic carbocycles. The molecule has 2 heteroatoms. The van der Waals surface area contributed by atoms with E-state index in [1.54, 1.807) is 11.9 Å². The standard InChI is InChI=1S/C14H15NS/c1-2-12-7-6-8-13(11-12)15-16-14-9-4-3-5-10-14/h3-11,15H,2H2,1H3. The van der Waals surface area contributed by atoms with Crippen LogP contribution in [0.4, 0.5) is 5.69 Å². The molecule has 0 fully saturated rings. The van der Waals surface area contributed by atoms with Crippen LogP contribution in [-0.2, 0) is 6.42 Å². The number of aryl methyl sites for hydroxylation is 1. The molecular formula is C14H15NS. The lowest BCUT2D eigenvalue weighted by Gasteiger charge is -2.06. The molecule has 82 valence electrons. The highest BCUT2D eigenvalue weighted by molar-refractivity contribution is 8.00. The first-order valence-corrected chi connectivity index (χ1v) is 6.27. The van der Waals surface area contributed by atoms with Crippen LogP contribution in [0.15, 0.2) is 59.5 Å². The Morgan fingerprint density at radius 2 is 1.81 bits per heavy atom. The normalized spacial score (nSPS) is 10.1. The van der Waals surface area contributed by atoms with E-state index in [-0.39, 0.29) is 0 Å². The van der Waals surface area contributed by atoms with Gasteiger partial charge in [-0.15, -0.1) is 0 Å². The summed E-state index contributed by atoms with van der Waals surface area (Å²) >= 11 is 1.64. The van der Waals surface area contributed by atoms with Crippen LogP contribution in [0.2, 0.25) is 0 Å². The van der Waals surface area contributed by atoms with Crippen molar-refractivity contribution in [1.82, 2.24) is 0 Å². The van der Waals surface area contributed by atoms with Crippen molar-refractivity contribution < 1.29 is 0 Å². The van der Waals surface area contributed by atoms with Gasteiger partial charge >= 0.3 is 0 Å². The highest BCUT2D eigenvalue weighted by Gasteiger charge is 1.95. The van der Waals surface area contributed by atoms with E-state index in [9.17, 15) is 0 Å². The first-order chi connectivity index (χ1) is 7.88. The van der Waals surface area contributed by atoms with Crippen LogP contribution < -0.4 is 4.72 Å². The average Bonchev–Trinajstić information content (AvgIpc) is 2.38. The lowest BCUT2D eigenvalue weighted by atomic mass is 10.1. The van der Waals surface area contributed by atoms with Gasteiger partial charge in [0.2, 0.25) is 0 Å². The van der Waals surface area contributed by atoms with Crippen LogP contribution in [0.1, 0.15) is 12.5 Å². The molecule has 0 amide bonds. The third-order valence-corrected chi connectivity index (χ3v) is 3.21. The van der Waals surface area contributed by atoms with E-state index in [1.165, 1.54) is 10.5 Å². The summed E-state index contributed by atoms with van der Waals surface area (Å²) in [6, 6.07) is 18.8. The van der Waals surface area contributed by atoms with Gasteiger partial charge in [0, 0.05) is 10.6 Å². The second-order valence-electron chi connectivity index (χ2n) is 3.57. The highest BCUT2D eigenvalue weighted by atomic mass is 32.2. The van der Waals surface area contributed by atoms with Gasteiger partial charge in [0.05, 0.1) is 0 Å². The summed E-state index contributed by atoms with van der Waals surface area (Å²) in [4.78, 5) is 1.23. The van der Waals surface area contributed by atoms with E-state index in [2.05, 4.69) is 48.0 Å². The van der Waals surface area contributed by atoms with E-state index in [0.29, 0.717) is 0 Å². The van der Waals surface area contributed by atoms with Crippen molar-refractivity contribution in [3.63, 3.8) is 0 Å². The van der Waals surface area contributed by atoms with Crippen LogP contribution in [0.5, 0.6) is 0 Å². The highest BCUT2D eigenvalue weighted by Crippen LogP contribution is 2.21. The molecule has 0 aliphatic carbocycles. The van der Waals surface area contributed by atoms with Gasteiger partial charge in [0.25, 0.3) is 0 Å². The maximum Gasteiger partial charge on any atom is 0.0445 e. The molecule has 0 saturated heterocycles. The van der Waals surface area contributed by atoms with Crippen molar-refractivity contribution in [3.8, 4) is 0 Å². The third kappa shape index (κ3) is 3.04. The van der Waals surface area contributed by atoms with Gasteiger partial charge in [0.1, 0.15) is 0 Å². The number of hydrogen-bond acceptors (Lipinski definition) is 2. The molecule has 0 aliphatic heterocycles. The van der Waals surface area contributed by atoms with Gasteiger partial charge in [-0.1, -0.05) is 37.3 Å². The molecule has 0 spiro atoms. The summed E-state index contributed by atoms with van der Waals surface area (Å²) in [6.07, 6.45) is 1.07. The number of nitrogens with one attached hydrogen (secondary N) is 1. The lowest BCUT2D eigenvalue weighted by molar-refractivity contribution is 1.14. The first kappa shape index (κ1) is 11.1. The fourth-order valence-electron chi connectivity index (χ4n) is 1.46. The fourth-order valence-corrected chi connectivity index (χ4v) is 2.12. The van der Waals surface area contributed by atoms with Gasteiger partial charge in [0.15, 0.2) is 0 Å². The molecule has 0 saturated carbocycles. The van der Waals surface area contributed by atoms with Gasteiger partial charge in [-0.05, 0) is 48.2 Å². The second-order valence-corrected chi connectivity index (χ2v) is 4.45. The Bertz CT molecular complexity index is 439. The predicted octanol–water partition coefficient (Wildman–Crippen LogP) is 4.37. The minimum Gasteiger partial charge on any atom is -0.326 e. The molecule has 0 bridgehead atoms. The monoisotopic (exact) mass is 229 g/mol. The number of rotatable bonds is 4. The second kappa shape index (κ2) is 5.61. The van der Waals surface area contributed by atoms with Crippen molar-refractivity contribution >= 4 is 17.6 Å². The number of benzene rings is 2. The van der Waals surface area contributed by atoms with Crippen LogP contribution in [0, 0.1) is 0 Å². The molecule has 2 rings (SSSR count). The summed E-state index contributed by atoms with van der Waals surface area (Å²) in [5, 5.41) is 0. The van der Waals surface area contributed by atoms with E-state index in [1.807, 2.05) is 18.2 Å². The van der Waals surface area contributed by atoms with E-state index >= 15 is 0 Å². The Balaban J connectivity index is 1.99. The van der Waals surface area contributed by atoms with Crippen molar-refractivity contribution in [1.29, 1.82) is 0 Å². The zero-order valence-corrected chi connectivity index (χ0v) is 10.1. The average molecular weight is 229 g/mol. The quantitative estimate of drug-likeness (QED) is 0.781. The topological polar surface area (TPSA) is 12.0 Å². The van der Waals surface area contributed by atoms with Crippen molar-refractivity contribution in [2.75, 3.05) is 4.72 Å². The molecular weight excluding hydrogens is 214 g/mol. The molecule has 0 heterocycles. The van der Waals surface area contributed by atoms with Gasteiger partial charge in [-0.25, -0.2) is 0 Å². The molecule has 0 atom stereocenters. The van der Waals surface area contributed by atoms with Gasteiger partial charge in [-0.2, -0.15) is 0 Å². The van der Waals surface area contributed by atoms with E-state index < -0.39 is 0 Å². The molecule has 0 aromatic heterocycles. The molecule has 1 nitrogen and oxygen atoms in total. The fraction of sp³-hybridized carbons (Fsp3) is 0.143.